The topological polar surface area (TPSA) is 74.9 Å². The van der Waals surface area contributed by atoms with Crippen molar-refractivity contribution in [3.05, 3.63) is 47.0 Å². The van der Waals surface area contributed by atoms with Crippen LogP contribution in [0.5, 0.6) is 11.5 Å². The predicted molar refractivity (Wildman–Crippen MR) is 139 cm³/mol. The van der Waals surface area contributed by atoms with E-state index in [4.69, 9.17) is 21.1 Å². The maximum atomic E-state index is 12.8. The molecule has 2 saturated heterocycles. The van der Waals surface area contributed by atoms with Crippen LogP contribution in [0.1, 0.15) is 18.4 Å². The van der Waals surface area contributed by atoms with Crippen LogP contribution < -0.4 is 25.4 Å². The van der Waals surface area contributed by atoms with Crippen molar-refractivity contribution in [1.29, 1.82) is 0 Å². The molecule has 2 atom stereocenters. The van der Waals surface area contributed by atoms with E-state index in [9.17, 15) is 4.79 Å². The molecular weight excluding hydrogens is 472 g/mol. The molecule has 7 nitrogen and oxygen atoms in total. The van der Waals surface area contributed by atoms with Gasteiger partial charge in [-0.2, -0.15) is 0 Å². The second-order valence-electron chi connectivity index (χ2n) is 8.97. The average Bonchev–Trinajstić information content (AvgIpc) is 3.29. The van der Waals surface area contributed by atoms with Crippen molar-refractivity contribution >= 4 is 35.9 Å². The molecule has 0 saturated carbocycles. The highest BCUT2D eigenvalue weighted by Gasteiger charge is 2.35. The number of carbonyl (C=O) groups excluding carboxylic acids is 1. The number of ether oxygens (including phenoxy) is 2. The Morgan fingerprint density at radius 1 is 1.12 bits per heavy atom. The maximum Gasteiger partial charge on any atom is 0.319 e. The van der Waals surface area contributed by atoms with Crippen molar-refractivity contribution in [2.75, 3.05) is 45.7 Å². The number of halogens is 1. The molecule has 2 aromatic carbocycles. The van der Waals surface area contributed by atoms with E-state index in [-0.39, 0.29) is 18.1 Å². The van der Waals surface area contributed by atoms with Crippen LogP contribution in [0.25, 0.3) is 0 Å². The van der Waals surface area contributed by atoms with E-state index >= 15 is 0 Å². The van der Waals surface area contributed by atoms with Crippen LogP contribution in [0.4, 0.5) is 10.5 Å². The zero-order chi connectivity index (χ0) is 24.1. The number of benzene rings is 2. The molecule has 0 aliphatic carbocycles. The zero-order valence-corrected chi connectivity index (χ0v) is 21.3. The summed E-state index contributed by atoms with van der Waals surface area (Å²) in [6.07, 6.45) is 3.41. The first-order valence-electron chi connectivity index (χ1n) is 11.7. The molecule has 0 bridgehead atoms. The molecule has 0 spiro atoms. The molecule has 184 valence electrons. The van der Waals surface area contributed by atoms with Gasteiger partial charge in [0, 0.05) is 42.0 Å². The van der Waals surface area contributed by atoms with Gasteiger partial charge in [-0.05, 0) is 56.0 Å². The molecule has 0 unspecified atom stereocenters. The molecule has 3 N–H and O–H groups in total. The molecule has 2 fully saturated rings. The first-order chi connectivity index (χ1) is 16.5. The lowest BCUT2D eigenvalue weighted by Crippen LogP contribution is -2.54. The molecule has 2 aliphatic rings. The number of methoxy groups -OCH3 is 2. The van der Waals surface area contributed by atoms with E-state index in [0.29, 0.717) is 28.0 Å². The molecule has 9 heteroatoms. The monoisotopic (exact) mass is 504 g/mol. The van der Waals surface area contributed by atoms with Crippen LogP contribution in [-0.4, -0.2) is 63.4 Å². The Hall–Kier alpha value is -2.13. The SMILES string of the molecule is COc1cc(NC(=O)N[C@@H]2CNC[C@H]2N2CCC(Cc3ccc(Cl)cc3)CC2)cc(OC)c1S. The van der Waals surface area contributed by atoms with Gasteiger partial charge in [0.25, 0.3) is 0 Å². The summed E-state index contributed by atoms with van der Waals surface area (Å²) in [6.45, 7) is 3.72. The lowest BCUT2D eigenvalue weighted by atomic mass is 9.89. The van der Waals surface area contributed by atoms with Crippen molar-refractivity contribution in [1.82, 2.24) is 15.5 Å². The minimum Gasteiger partial charge on any atom is -0.495 e. The van der Waals surface area contributed by atoms with Gasteiger partial charge < -0.3 is 25.4 Å². The fourth-order valence-electron chi connectivity index (χ4n) is 4.94. The number of amides is 2. The van der Waals surface area contributed by atoms with E-state index in [0.717, 1.165) is 50.5 Å². The van der Waals surface area contributed by atoms with Crippen molar-refractivity contribution in [3.8, 4) is 11.5 Å². The summed E-state index contributed by atoms with van der Waals surface area (Å²) in [5, 5.41) is 10.3. The van der Waals surface area contributed by atoms with Gasteiger partial charge in [0.15, 0.2) is 0 Å². The number of nitrogens with one attached hydrogen (secondary N) is 3. The van der Waals surface area contributed by atoms with Gasteiger partial charge in [0.2, 0.25) is 0 Å². The molecule has 2 amide bonds. The lowest BCUT2D eigenvalue weighted by molar-refractivity contribution is 0.127. The van der Waals surface area contributed by atoms with Crippen LogP contribution in [0.2, 0.25) is 5.02 Å². The van der Waals surface area contributed by atoms with Crippen LogP contribution in [0.3, 0.4) is 0 Å². The number of piperidine rings is 1. The number of hydrogen-bond acceptors (Lipinski definition) is 6. The molecule has 2 aromatic rings. The van der Waals surface area contributed by atoms with Gasteiger partial charge >= 0.3 is 6.03 Å². The summed E-state index contributed by atoms with van der Waals surface area (Å²) in [7, 11) is 3.12. The van der Waals surface area contributed by atoms with E-state index in [2.05, 4.69) is 45.6 Å². The standard InChI is InChI=1S/C25H33ClN4O3S/c1-32-22-12-19(13-23(33-2)24(22)34)28-25(31)29-20-14-27-15-21(20)30-9-7-17(8-10-30)11-16-3-5-18(26)6-4-16/h3-6,12-13,17,20-21,27,34H,7-11,14-15H2,1-2H3,(H2,28,29,31)/t20-,21-/m1/s1. The molecule has 0 radical (unpaired) electrons. The first-order valence-corrected chi connectivity index (χ1v) is 12.5. The summed E-state index contributed by atoms with van der Waals surface area (Å²) >= 11 is 10.4. The Labute approximate surface area is 211 Å². The second kappa shape index (κ2) is 11.5. The summed E-state index contributed by atoms with van der Waals surface area (Å²) in [6, 6.07) is 11.7. The van der Waals surface area contributed by atoms with Gasteiger partial charge in [-0.25, -0.2) is 4.79 Å². The summed E-state index contributed by atoms with van der Waals surface area (Å²) in [5.74, 6) is 1.76. The third-order valence-electron chi connectivity index (χ3n) is 6.79. The number of likely N-dealkylation sites (tertiary alicyclic amines) is 1. The van der Waals surface area contributed by atoms with E-state index < -0.39 is 0 Å². The van der Waals surface area contributed by atoms with E-state index in [1.54, 1.807) is 26.4 Å². The van der Waals surface area contributed by atoms with Crippen LogP contribution >= 0.6 is 24.2 Å². The largest absolute Gasteiger partial charge is 0.495 e. The van der Waals surface area contributed by atoms with Crippen molar-refractivity contribution < 1.29 is 14.3 Å². The van der Waals surface area contributed by atoms with Crippen LogP contribution in [0.15, 0.2) is 41.3 Å². The first kappa shape index (κ1) is 25.0. The van der Waals surface area contributed by atoms with Gasteiger partial charge in [-0.15, -0.1) is 12.6 Å². The van der Waals surface area contributed by atoms with Crippen LogP contribution in [0, 0.1) is 5.92 Å². The molecule has 4 rings (SSSR count). The number of carbonyl (C=O) groups is 1. The van der Waals surface area contributed by atoms with Gasteiger partial charge in [-0.3, -0.25) is 4.90 Å². The van der Waals surface area contributed by atoms with Crippen molar-refractivity contribution in [2.24, 2.45) is 5.92 Å². The third-order valence-corrected chi connectivity index (χ3v) is 7.48. The minimum absolute atomic E-state index is 0.0424. The Morgan fingerprint density at radius 3 is 2.38 bits per heavy atom. The predicted octanol–water partition coefficient (Wildman–Crippen LogP) is 4.06. The number of thiol groups is 1. The highest BCUT2D eigenvalue weighted by Crippen LogP contribution is 2.35. The molecule has 2 heterocycles. The fourth-order valence-corrected chi connectivity index (χ4v) is 5.38. The van der Waals surface area contributed by atoms with E-state index in [1.807, 2.05) is 12.1 Å². The Morgan fingerprint density at radius 2 is 1.76 bits per heavy atom. The number of anilines is 1. The van der Waals surface area contributed by atoms with Crippen molar-refractivity contribution in [3.63, 3.8) is 0 Å². The quantitative estimate of drug-likeness (QED) is 0.428. The Bertz CT molecular complexity index is 958. The highest BCUT2D eigenvalue weighted by molar-refractivity contribution is 7.80. The molecule has 34 heavy (non-hydrogen) atoms. The number of urea groups is 1. The summed E-state index contributed by atoms with van der Waals surface area (Å²) in [5.41, 5.74) is 1.94. The van der Waals surface area contributed by atoms with Gasteiger partial charge in [-0.1, -0.05) is 23.7 Å². The average molecular weight is 505 g/mol. The number of hydrogen-bond donors (Lipinski definition) is 4. The molecule has 0 aromatic heterocycles. The maximum absolute atomic E-state index is 12.8. The Balaban J connectivity index is 1.30. The summed E-state index contributed by atoms with van der Waals surface area (Å²) < 4.78 is 10.7. The molecule has 2 aliphatic heterocycles. The minimum atomic E-state index is -0.243. The third kappa shape index (κ3) is 6.10. The molecular formula is C25H33ClN4O3S. The fraction of sp³-hybridized carbons (Fsp3) is 0.480. The number of nitrogens with zero attached hydrogens (tertiary/aromatic N) is 1. The second-order valence-corrected chi connectivity index (χ2v) is 9.85. The lowest BCUT2D eigenvalue weighted by Gasteiger charge is -2.38. The smallest absolute Gasteiger partial charge is 0.319 e. The highest BCUT2D eigenvalue weighted by atomic mass is 35.5. The van der Waals surface area contributed by atoms with Gasteiger partial charge in [0.05, 0.1) is 25.2 Å². The van der Waals surface area contributed by atoms with Crippen molar-refractivity contribution in [2.45, 2.75) is 36.2 Å². The Kier molecular flexibility index (Phi) is 8.47. The number of rotatable bonds is 7. The normalized spacial score (nSPS) is 21.3. The van der Waals surface area contributed by atoms with E-state index in [1.165, 1.54) is 5.56 Å². The summed E-state index contributed by atoms with van der Waals surface area (Å²) in [4.78, 5) is 15.9. The van der Waals surface area contributed by atoms with Crippen LogP contribution in [-0.2, 0) is 6.42 Å². The van der Waals surface area contributed by atoms with Gasteiger partial charge in [0.1, 0.15) is 11.5 Å². The zero-order valence-electron chi connectivity index (χ0n) is 19.6.